The number of hydrogen-bond acceptors (Lipinski definition) is 4. The molecule has 5 heteroatoms. The molecule has 130 valence electrons. The fraction of sp³-hybridized carbons (Fsp3) is 0.300. The van der Waals surface area contributed by atoms with E-state index in [9.17, 15) is 9.90 Å². The third kappa shape index (κ3) is 4.06. The Hall–Kier alpha value is -2.66. The normalized spacial score (nSPS) is 12.2. The molecule has 0 aliphatic rings. The number of amides is 1. The number of carbonyl (C=O) groups is 1. The van der Waals surface area contributed by atoms with E-state index >= 15 is 0 Å². The molecule has 1 atom stereocenters. The zero-order chi connectivity index (χ0) is 17.6. The molecule has 0 saturated carbocycles. The molecule has 0 aliphatic heterocycles. The highest BCUT2D eigenvalue weighted by Gasteiger charge is 2.16. The van der Waals surface area contributed by atoms with Crippen LogP contribution >= 0.6 is 0 Å². The van der Waals surface area contributed by atoms with E-state index in [-0.39, 0.29) is 18.4 Å². The molecule has 2 aromatic heterocycles. The molecule has 2 N–H and O–H groups in total. The summed E-state index contributed by atoms with van der Waals surface area (Å²) in [5.41, 5.74) is 3.43. The summed E-state index contributed by atoms with van der Waals surface area (Å²) in [4.78, 5) is 16.6. The summed E-state index contributed by atoms with van der Waals surface area (Å²) >= 11 is 0. The van der Waals surface area contributed by atoms with Gasteiger partial charge in [-0.05, 0) is 42.2 Å². The molecule has 0 saturated heterocycles. The van der Waals surface area contributed by atoms with Crippen molar-refractivity contribution in [3.05, 3.63) is 65.7 Å². The van der Waals surface area contributed by atoms with Crippen LogP contribution in [0.4, 0.5) is 0 Å². The van der Waals surface area contributed by atoms with Gasteiger partial charge in [0.05, 0.1) is 5.56 Å². The van der Waals surface area contributed by atoms with E-state index in [4.69, 9.17) is 4.42 Å². The van der Waals surface area contributed by atoms with Gasteiger partial charge in [-0.15, -0.1) is 0 Å². The van der Waals surface area contributed by atoms with Gasteiger partial charge in [-0.25, -0.2) is 0 Å². The van der Waals surface area contributed by atoms with Gasteiger partial charge in [0.2, 0.25) is 0 Å². The molecule has 2 heterocycles. The van der Waals surface area contributed by atoms with E-state index in [2.05, 4.69) is 17.2 Å². The largest absolute Gasteiger partial charge is 0.463 e. The third-order valence-corrected chi connectivity index (χ3v) is 4.35. The molecule has 0 bridgehead atoms. The van der Waals surface area contributed by atoms with Crippen molar-refractivity contribution in [2.75, 3.05) is 13.2 Å². The summed E-state index contributed by atoms with van der Waals surface area (Å²) in [5.74, 6) is -0.242. The van der Waals surface area contributed by atoms with Crippen molar-refractivity contribution in [1.29, 1.82) is 0 Å². The Bertz CT molecular complexity index is 843. The monoisotopic (exact) mass is 338 g/mol. The van der Waals surface area contributed by atoms with Crippen LogP contribution in [0.25, 0.3) is 11.0 Å². The Morgan fingerprint density at radius 3 is 2.92 bits per heavy atom. The summed E-state index contributed by atoms with van der Waals surface area (Å²) in [6.45, 7) is 2.47. The van der Waals surface area contributed by atoms with Crippen LogP contribution in [0.3, 0.4) is 0 Å². The van der Waals surface area contributed by atoms with Crippen molar-refractivity contribution >= 4 is 16.9 Å². The first-order chi connectivity index (χ1) is 12.2. The van der Waals surface area contributed by atoms with Crippen molar-refractivity contribution in [2.24, 2.45) is 5.92 Å². The van der Waals surface area contributed by atoms with Gasteiger partial charge in [0, 0.05) is 36.8 Å². The second kappa shape index (κ2) is 7.94. The maximum Gasteiger partial charge on any atom is 0.255 e. The fourth-order valence-corrected chi connectivity index (χ4v) is 2.86. The number of fused-ring (bicyclic) bond motifs is 1. The van der Waals surface area contributed by atoms with Gasteiger partial charge < -0.3 is 14.8 Å². The van der Waals surface area contributed by atoms with Gasteiger partial charge in [0.15, 0.2) is 0 Å². The lowest BCUT2D eigenvalue weighted by molar-refractivity contribution is 0.0940. The zero-order valence-corrected chi connectivity index (χ0v) is 14.2. The molecule has 0 aliphatic carbocycles. The highest BCUT2D eigenvalue weighted by molar-refractivity contribution is 6.06. The topological polar surface area (TPSA) is 75.4 Å². The Kier molecular flexibility index (Phi) is 5.46. The Labute approximate surface area is 146 Å². The number of furan rings is 1. The number of aromatic nitrogens is 1. The molecule has 0 unspecified atom stereocenters. The summed E-state index contributed by atoms with van der Waals surface area (Å²) < 4.78 is 5.48. The van der Waals surface area contributed by atoms with Crippen LogP contribution in [0.5, 0.6) is 0 Å². The second-order valence-electron chi connectivity index (χ2n) is 6.16. The predicted octanol–water partition coefficient (Wildman–Crippen LogP) is 2.97. The predicted molar refractivity (Wildman–Crippen MR) is 96.4 cm³/mol. The lowest BCUT2D eigenvalue weighted by atomic mass is 10.0. The lowest BCUT2D eigenvalue weighted by Gasteiger charge is -2.14. The zero-order valence-electron chi connectivity index (χ0n) is 14.2. The molecular formula is C20H22N2O3. The standard InChI is InChI=1S/C20H22N2O3/c1-2-14-5-6-19-17(9-14)18(13-25-19)20(24)22-11-16(12-23)8-15-4-3-7-21-10-15/h3-7,9-10,13,16,23H,2,8,11-12H2,1H3,(H,22,24)/t16-/m1/s1. The van der Waals surface area contributed by atoms with Crippen molar-refractivity contribution < 1.29 is 14.3 Å². The number of carbonyl (C=O) groups excluding carboxylic acids is 1. The van der Waals surface area contributed by atoms with Crippen LogP contribution in [-0.2, 0) is 12.8 Å². The molecule has 0 radical (unpaired) electrons. The van der Waals surface area contributed by atoms with Crippen LogP contribution in [0.1, 0.15) is 28.4 Å². The second-order valence-corrected chi connectivity index (χ2v) is 6.16. The maximum atomic E-state index is 12.5. The molecule has 5 nitrogen and oxygen atoms in total. The van der Waals surface area contributed by atoms with Crippen LogP contribution in [0.2, 0.25) is 0 Å². The van der Waals surface area contributed by atoms with E-state index in [1.54, 1.807) is 12.4 Å². The van der Waals surface area contributed by atoms with Crippen LogP contribution in [0.15, 0.2) is 53.4 Å². The van der Waals surface area contributed by atoms with E-state index in [0.29, 0.717) is 24.1 Å². The van der Waals surface area contributed by atoms with Gasteiger partial charge in [-0.1, -0.05) is 19.1 Å². The number of aryl methyl sites for hydroxylation is 1. The summed E-state index contributed by atoms with van der Waals surface area (Å²) in [6, 6.07) is 9.72. The average Bonchev–Trinajstić information content (AvgIpc) is 3.08. The number of rotatable bonds is 7. The molecule has 1 amide bonds. The molecule has 0 spiro atoms. The number of hydrogen-bond donors (Lipinski definition) is 2. The maximum absolute atomic E-state index is 12.5. The van der Waals surface area contributed by atoms with Gasteiger partial charge >= 0.3 is 0 Å². The van der Waals surface area contributed by atoms with E-state index in [0.717, 1.165) is 22.9 Å². The minimum Gasteiger partial charge on any atom is -0.463 e. The van der Waals surface area contributed by atoms with Crippen LogP contribution in [0, 0.1) is 5.92 Å². The molecule has 25 heavy (non-hydrogen) atoms. The Morgan fingerprint density at radius 1 is 1.32 bits per heavy atom. The number of nitrogens with zero attached hydrogens (tertiary/aromatic N) is 1. The highest BCUT2D eigenvalue weighted by atomic mass is 16.3. The number of nitrogens with one attached hydrogen (secondary N) is 1. The van der Waals surface area contributed by atoms with Crippen molar-refractivity contribution in [2.45, 2.75) is 19.8 Å². The van der Waals surface area contributed by atoms with E-state index < -0.39 is 0 Å². The molecule has 3 rings (SSSR count). The van der Waals surface area contributed by atoms with E-state index in [1.807, 2.05) is 30.3 Å². The molecule has 3 aromatic rings. The van der Waals surface area contributed by atoms with Gasteiger partial charge in [-0.3, -0.25) is 9.78 Å². The van der Waals surface area contributed by atoms with Crippen LogP contribution in [-0.4, -0.2) is 29.1 Å². The third-order valence-electron chi connectivity index (χ3n) is 4.35. The molecule has 0 fully saturated rings. The number of aliphatic hydroxyl groups excluding tert-OH is 1. The molecule has 1 aromatic carbocycles. The van der Waals surface area contributed by atoms with Crippen molar-refractivity contribution in [3.8, 4) is 0 Å². The first-order valence-electron chi connectivity index (χ1n) is 8.49. The highest BCUT2D eigenvalue weighted by Crippen LogP contribution is 2.23. The number of pyridine rings is 1. The van der Waals surface area contributed by atoms with Gasteiger partial charge in [0.1, 0.15) is 11.8 Å². The van der Waals surface area contributed by atoms with Crippen molar-refractivity contribution in [3.63, 3.8) is 0 Å². The summed E-state index contributed by atoms with van der Waals surface area (Å²) in [7, 11) is 0. The first kappa shape index (κ1) is 17.2. The smallest absolute Gasteiger partial charge is 0.255 e. The Morgan fingerprint density at radius 2 is 2.20 bits per heavy atom. The lowest BCUT2D eigenvalue weighted by Crippen LogP contribution is -2.31. The first-order valence-corrected chi connectivity index (χ1v) is 8.49. The SMILES string of the molecule is CCc1ccc2occ(C(=O)NC[C@H](CO)Cc3cccnc3)c2c1. The number of benzene rings is 1. The summed E-state index contributed by atoms with van der Waals surface area (Å²) in [5, 5.41) is 13.3. The fourth-order valence-electron chi connectivity index (χ4n) is 2.86. The minimum absolute atomic E-state index is 0.00128. The molecular weight excluding hydrogens is 316 g/mol. The van der Waals surface area contributed by atoms with E-state index in [1.165, 1.54) is 6.26 Å². The van der Waals surface area contributed by atoms with Crippen LogP contribution < -0.4 is 5.32 Å². The quantitative estimate of drug-likeness (QED) is 0.694. The number of aliphatic hydroxyl groups is 1. The van der Waals surface area contributed by atoms with Gasteiger partial charge in [-0.2, -0.15) is 0 Å². The minimum atomic E-state index is -0.184. The van der Waals surface area contributed by atoms with Gasteiger partial charge in [0.25, 0.3) is 5.91 Å². The summed E-state index contributed by atoms with van der Waals surface area (Å²) in [6.07, 6.45) is 6.55. The van der Waals surface area contributed by atoms with Crippen molar-refractivity contribution in [1.82, 2.24) is 10.3 Å². The Balaban J connectivity index is 1.67. The average molecular weight is 338 g/mol.